The quantitative estimate of drug-likeness (QED) is 0.803. The Labute approximate surface area is 108 Å². The van der Waals surface area contributed by atoms with Crippen LogP contribution in [0, 0.1) is 5.92 Å². The Morgan fingerprint density at radius 2 is 1.94 bits per heavy atom. The van der Waals surface area contributed by atoms with Crippen molar-refractivity contribution in [2.75, 3.05) is 6.61 Å². The number of hydrogen-bond acceptors (Lipinski definition) is 2. The van der Waals surface area contributed by atoms with Crippen LogP contribution in [0.1, 0.15) is 20.8 Å². The molecule has 0 amide bonds. The molecule has 0 spiro atoms. The Morgan fingerprint density at radius 3 is 2.56 bits per heavy atom. The predicted molar refractivity (Wildman–Crippen MR) is 73.7 cm³/mol. The van der Waals surface area contributed by atoms with E-state index in [2.05, 4.69) is 42.5 Å². The van der Waals surface area contributed by atoms with Gasteiger partial charge in [-0.15, -0.1) is 0 Å². The highest BCUT2D eigenvalue weighted by molar-refractivity contribution is 5.56. The average Bonchev–Trinajstić information content (AvgIpc) is 2.85. The molecule has 0 radical (unpaired) electrons. The summed E-state index contributed by atoms with van der Waals surface area (Å²) < 4.78 is 7.80. The van der Waals surface area contributed by atoms with Crippen molar-refractivity contribution in [2.24, 2.45) is 5.92 Å². The molecule has 1 heterocycles. The van der Waals surface area contributed by atoms with Gasteiger partial charge in [-0.25, -0.2) is 4.98 Å². The van der Waals surface area contributed by atoms with E-state index in [0.717, 1.165) is 30.3 Å². The first-order chi connectivity index (χ1) is 8.70. The topological polar surface area (TPSA) is 27.1 Å². The van der Waals surface area contributed by atoms with E-state index >= 15 is 0 Å². The van der Waals surface area contributed by atoms with E-state index in [1.54, 1.807) is 0 Å². The van der Waals surface area contributed by atoms with Crippen LogP contribution >= 0.6 is 0 Å². The fourth-order valence-electron chi connectivity index (χ4n) is 1.79. The molecule has 0 N–H and O–H groups in total. The number of aryl methyl sites for hydroxylation is 1. The summed E-state index contributed by atoms with van der Waals surface area (Å²) in [4.78, 5) is 4.38. The Morgan fingerprint density at radius 1 is 1.22 bits per heavy atom. The molecule has 0 bridgehead atoms. The predicted octanol–water partition coefficient (Wildman–Crippen LogP) is 3.60. The van der Waals surface area contributed by atoms with Crippen molar-refractivity contribution in [1.29, 1.82) is 0 Å². The summed E-state index contributed by atoms with van der Waals surface area (Å²) in [5, 5.41) is 0. The fraction of sp³-hybridized carbons (Fsp3) is 0.400. The summed E-state index contributed by atoms with van der Waals surface area (Å²) in [6.45, 7) is 8.09. The van der Waals surface area contributed by atoms with Crippen LogP contribution in [0.3, 0.4) is 0 Å². The maximum atomic E-state index is 5.67. The average molecular weight is 244 g/mol. The number of benzene rings is 1. The molecule has 96 valence electrons. The number of nitrogens with zero attached hydrogens (tertiary/aromatic N) is 2. The van der Waals surface area contributed by atoms with E-state index in [9.17, 15) is 0 Å². The Kier molecular flexibility index (Phi) is 4.03. The maximum absolute atomic E-state index is 5.67. The second-order valence-electron chi connectivity index (χ2n) is 4.77. The van der Waals surface area contributed by atoms with Gasteiger partial charge in [0.25, 0.3) is 0 Å². The molecule has 2 aromatic rings. The van der Waals surface area contributed by atoms with Crippen molar-refractivity contribution >= 4 is 0 Å². The van der Waals surface area contributed by atoms with Crippen molar-refractivity contribution in [3.63, 3.8) is 0 Å². The summed E-state index contributed by atoms with van der Waals surface area (Å²) in [6, 6.07) is 8.13. The van der Waals surface area contributed by atoms with Gasteiger partial charge in [0, 0.05) is 24.5 Å². The fourth-order valence-corrected chi connectivity index (χ4v) is 1.79. The summed E-state index contributed by atoms with van der Waals surface area (Å²) in [6.07, 6.45) is 3.83. The molecule has 2 rings (SSSR count). The number of imidazole rings is 1. The highest BCUT2D eigenvalue weighted by atomic mass is 16.5. The lowest BCUT2D eigenvalue weighted by Gasteiger charge is -2.09. The lowest BCUT2D eigenvalue weighted by molar-refractivity contribution is 0.271. The molecule has 1 aromatic heterocycles. The molecule has 1 aromatic carbocycles. The van der Waals surface area contributed by atoms with Crippen LogP contribution < -0.4 is 4.74 Å². The highest BCUT2D eigenvalue weighted by Crippen LogP contribution is 2.21. The van der Waals surface area contributed by atoms with Crippen LogP contribution in [-0.2, 0) is 6.54 Å². The third kappa shape index (κ3) is 2.92. The van der Waals surface area contributed by atoms with Gasteiger partial charge in [0.05, 0.1) is 6.61 Å². The SMILES string of the molecule is CCn1ccnc1-c1ccc(OCC(C)C)cc1. The maximum Gasteiger partial charge on any atom is 0.139 e. The van der Waals surface area contributed by atoms with Crippen LogP contribution in [0.15, 0.2) is 36.7 Å². The van der Waals surface area contributed by atoms with Crippen LogP contribution in [0.5, 0.6) is 5.75 Å². The van der Waals surface area contributed by atoms with E-state index in [0.29, 0.717) is 5.92 Å². The van der Waals surface area contributed by atoms with Crippen molar-refractivity contribution in [1.82, 2.24) is 9.55 Å². The van der Waals surface area contributed by atoms with Crippen molar-refractivity contribution in [3.8, 4) is 17.1 Å². The van der Waals surface area contributed by atoms with Gasteiger partial charge in [0.1, 0.15) is 11.6 Å². The first-order valence-electron chi connectivity index (χ1n) is 6.45. The molecule has 0 aliphatic carbocycles. The Bertz CT molecular complexity index is 485. The second-order valence-corrected chi connectivity index (χ2v) is 4.77. The van der Waals surface area contributed by atoms with Crippen LogP contribution in [0.4, 0.5) is 0 Å². The smallest absolute Gasteiger partial charge is 0.139 e. The van der Waals surface area contributed by atoms with Crippen LogP contribution in [-0.4, -0.2) is 16.2 Å². The Hall–Kier alpha value is -1.77. The minimum Gasteiger partial charge on any atom is -0.493 e. The molecule has 0 aliphatic rings. The summed E-state index contributed by atoms with van der Waals surface area (Å²) in [5.41, 5.74) is 1.12. The summed E-state index contributed by atoms with van der Waals surface area (Å²) >= 11 is 0. The highest BCUT2D eigenvalue weighted by Gasteiger charge is 2.05. The largest absolute Gasteiger partial charge is 0.493 e. The molecule has 3 nitrogen and oxygen atoms in total. The minimum absolute atomic E-state index is 0.545. The zero-order chi connectivity index (χ0) is 13.0. The summed E-state index contributed by atoms with van der Waals surface area (Å²) in [7, 11) is 0. The zero-order valence-corrected chi connectivity index (χ0v) is 11.3. The molecule has 0 fully saturated rings. The minimum atomic E-state index is 0.545. The number of rotatable bonds is 5. The molecule has 0 unspecified atom stereocenters. The third-order valence-corrected chi connectivity index (χ3v) is 2.75. The normalized spacial score (nSPS) is 10.9. The molecular formula is C15H20N2O. The van der Waals surface area contributed by atoms with Gasteiger partial charge < -0.3 is 9.30 Å². The van der Waals surface area contributed by atoms with Gasteiger partial charge in [-0.3, -0.25) is 0 Å². The van der Waals surface area contributed by atoms with Crippen LogP contribution in [0.25, 0.3) is 11.4 Å². The third-order valence-electron chi connectivity index (χ3n) is 2.75. The second kappa shape index (κ2) is 5.71. The number of aromatic nitrogens is 2. The zero-order valence-electron chi connectivity index (χ0n) is 11.3. The van der Waals surface area contributed by atoms with Crippen LogP contribution in [0.2, 0.25) is 0 Å². The van der Waals surface area contributed by atoms with Gasteiger partial charge in [-0.2, -0.15) is 0 Å². The Balaban J connectivity index is 2.12. The first-order valence-corrected chi connectivity index (χ1v) is 6.45. The van der Waals surface area contributed by atoms with E-state index in [-0.39, 0.29) is 0 Å². The van der Waals surface area contributed by atoms with Gasteiger partial charge in [0.2, 0.25) is 0 Å². The van der Waals surface area contributed by atoms with E-state index < -0.39 is 0 Å². The van der Waals surface area contributed by atoms with Gasteiger partial charge in [-0.05, 0) is 37.1 Å². The van der Waals surface area contributed by atoms with Crippen molar-refractivity contribution in [3.05, 3.63) is 36.7 Å². The summed E-state index contributed by atoms with van der Waals surface area (Å²) in [5.74, 6) is 2.47. The first kappa shape index (κ1) is 12.7. The molecule has 0 aliphatic heterocycles. The lowest BCUT2D eigenvalue weighted by Crippen LogP contribution is -2.04. The van der Waals surface area contributed by atoms with Gasteiger partial charge in [-0.1, -0.05) is 13.8 Å². The number of ether oxygens (including phenoxy) is 1. The lowest BCUT2D eigenvalue weighted by atomic mass is 10.2. The molecule has 3 heteroatoms. The van der Waals surface area contributed by atoms with Crippen molar-refractivity contribution in [2.45, 2.75) is 27.3 Å². The van der Waals surface area contributed by atoms with E-state index in [4.69, 9.17) is 4.74 Å². The molecule has 0 atom stereocenters. The molecular weight excluding hydrogens is 224 g/mol. The van der Waals surface area contributed by atoms with E-state index in [1.807, 2.05) is 24.5 Å². The monoisotopic (exact) mass is 244 g/mol. The van der Waals surface area contributed by atoms with Crippen molar-refractivity contribution < 1.29 is 4.74 Å². The van der Waals surface area contributed by atoms with Gasteiger partial charge >= 0.3 is 0 Å². The number of hydrogen-bond donors (Lipinski definition) is 0. The molecule has 0 saturated carbocycles. The molecule has 0 saturated heterocycles. The van der Waals surface area contributed by atoms with Gasteiger partial charge in [0.15, 0.2) is 0 Å². The van der Waals surface area contributed by atoms with E-state index in [1.165, 1.54) is 0 Å². The molecule has 18 heavy (non-hydrogen) atoms. The standard InChI is InChI=1S/C15H20N2O/c1-4-17-10-9-16-15(17)13-5-7-14(8-6-13)18-11-12(2)3/h5-10,12H,4,11H2,1-3H3.